The summed E-state index contributed by atoms with van der Waals surface area (Å²) in [5, 5.41) is 3.28. The van der Waals surface area contributed by atoms with Gasteiger partial charge in [-0.2, -0.15) is 0 Å². The van der Waals surface area contributed by atoms with E-state index in [9.17, 15) is 0 Å². The van der Waals surface area contributed by atoms with Gasteiger partial charge in [-0.1, -0.05) is 27.2 Å². The molecular formula is C15H35N3. The van der Waals surface area contributed by atoms with Crippen molar-refractivity contribution in [3.05, 3.63) is 0 Å². The molecule has 1 fully saturated rings. The highest BCUT2D eigenvalue weighted by Crippen LogP contribution is 2.08. The van der Waals surface area contributed by atoms with Crippen molar-refractivity contribution >= 4 is 0 Å². The largest absolute Gasteiger partial charge is 0.328 e. The molecule has 0 aromatic heterocycles. The summed E-state index contributed by atoms with van der Waals surface area (Å²) in [5.41, 5.74) is 5.80. The Balaban J connectivity index is 0.000000360. The Labute approximate surface area is 114 Å². The molecule has 110 valence electrons. The third kappa shape index (κ3) is 11.0. The Morgan fingerprint density at radius 3 is 2.00 bits per heavy atom. The zero-order valence-electron chi connectivity index (χ0n) is 12.9. The van der Waals surface area contributed by atoms with Gasteiger partial charge < -0.3 is 16.0 Å². The van der Waals surface area contributed by atoms with Crippen LogP contribution in [0.5, 0.6) is 0 Å². The molecule has 3 N–H and O–H groups in total. The van der Waals surface area contributed by atoms with Crippen molar-refractivity contribution in [3.63, 3.8) is 0 Å². The summed E-state index contributed by atoms with van der Waals surface area (Å²) in [7, 11) is 0. The van der Waals surface area contributed by atoms with Crippen LogP contribution < -0.4 is 11.1 Å². The molecule has 0 amide bonds. The summed E-state index contributed by atoms with van der Waals surface area (Å²) >= 11 is 0. The number of rotatable bonds is 7. The number of hydrogen-bond acceptors (Lipinski definition) is 3. The van der Waals surface area contributed by atoms with Crippen molar-refractivity contribution < 1.29 is 0 Å². The minimum Gasteiger partial charge on any atom is -0.328 e. The van der Waals surface area contributed by atoms with Crippen molar-refractivity contribution in [2.45, 2.75) is 65.3 Å². The smallest absolute Gasteiger partial charge is 0.00631 e. The fourth-order valence-corrected chi connectivity index (χ4v) is 2.04. The number of likely N-dealkylation sites (tertiary alicyclic amines) is 1. The second-order valence-corrected chi connectivity index (χ2v) is 5.28. The molecule has 0 saturated carbocycles. The first kappa shape index (κ1) is 17.9. The van der Waals surface area contributed by atoms with Gasteiger partial charge in [0.25, 0.3) is 0 Å². The molecule has 3 nitrogen and oxygen atoms in total. The molecule has 3 heteroatoms. The molecule has 1 aliphatic heterocycles. The third-order valence-electron chi connectivity index (χ3n) is 3.31. The number of hydrogen-bond donors (Lipinski definition) is 2. The van der Waals surface area contributed by atoms with Crippen molar-refractivity contribution in [1.82, 2.24) is 10.2 Å². The van der Waals surface area contributed by atoms with E-state index in [1.807, 2.05) is 0 Å². The van der Waals surface area contributed by atoms with Crippen LogP contribution in [0.1, 0.15) is 59.3 Å². The van der Waals surface area contributed by atoms with E-state index in [1.54, 1.807) is 0 Å². The number of nitrogens with zero attached hydrogens (tertiary/aromatic N) is 1. The van der Waals surface area contributed by atoms with E-state index in [2.05, 4.69) is 31.0 Å². The fourth-order valence-electron chi connectivity index (χ4n) is 2.04. The van der Waals surface area contributed by atoms with E-state index in [0.717, 1.165) is 0 Å². The molecule has 0 aromatic carbocycles. The third-order valence-corrected chi connectivity index (χ3v) is 3.31. The maximum Gasteiger partial charge on any atom is 0.00631 e. The maximum atomic E-state index is 5.80. The number of unbranched alkanes of at least 4 members (excludes halogenated alkanes) is 1. The maximum absolute atomic E-state index is 5.80. The lowest BCUT2D eigenvalue weighted by Gasteiger charge is -2.29. The molecular weight excluding hydrogens is 222 g/mol. The predicted molar refractivity (Wildman–Crippen MR) is 82.0 cm³/mol. The minimum atomic E-state index is 0.480. The Bertz CT molecular complexity index is 147. The highest BCUT2D eigenvalue weighted by Gasteiger charge is 2.14. The van der Waals surface area contributed by atoms with E-state index in [1.165, 1.54) is 71.2 Å². The van der Waals surface area contributed by atoms with Crippen LogP contribution in [-0.4, -0.2) is 43.7 Å². The van der Waals surface area contributed by atoms with Crippen molar-refractivity contribution in [1.29, 1.82) is 0 Å². The molecule has 1 saturated heterocycles. The monoisotopic (exact) mass is 257 g/mol. The Kier molecular flexibility index (Phi) is 13.2. The summed E-state index contributed by atoms with van der Waals surface area (Å²) < 4.78 is 0. The number of nitrogens with one attached hydrogen (secondary N) is 1. The molecule has 1 heterocycles. The lowest BCUT2D eigenvalue weighted by atomic mass is 10.1. The molecule has 0 aliphatic carbocycles. The molecule has 0 bridgehead atoms. The van der Waals surface area contributed by atoms with Crippen LogP contribution in [-0.2, 0) is 0 Å². The fraction of sp³-hybridized carbons (Fsp3) is 1.00. The summed E-state index contributed by atoms with van der Waals surface area (Å²) in [6.45, 7) is 12.7. The zero-order valence-corrected chi connectivity index (χ0v) is 12.9. The predicted octanol–water partition coefficient (Wildman–Crippen LogP) is 2.61. The topological polar surface area (TPSA) is 41.3 Å². The standard InChI is InChI=1S/C9H20N2.C6H15N/c1-2-3-6-11-7-4-9(10)5-8-11;1-3-5-7-6-4-2/h9H,2-8,10H2,1H3;7H,3-6H2,1-2H3. The molecule has 0 aromatic rings. The van der Waals surface area contributed by atoms with Gasteiger partial charge in [-0.3, -0.25) is 0 Å². The Morgan fingerprint density at radius 2 is 1.56 bits per heavy atom. The molecule has 0 atom stereocenters. The van der Waals surface area contributed by atoms with Gasteiger partial charge >= 0.3 is 0 Å². The molecule has 1 aliphatic rings. The number of piperidine rings is 1. The van der Waals surface area contributed by atoms with Crippen molar-refractivity contribution in [2.75, 3.05) is 32.7 Å². The van der Waals surface area contributed by atoms with Crippen LogP contribution in [0.4, 0.5) is 0 Å². The summed E-state index contributed by atoms with van der Waals surface area (Å²) in [5.74, 6) is 0. The summed E-state index contributed by atoms with van der Waals surface area (Å²) in [6, 6.07) is 0.480. The first-order valence-electron chi connectivity index (χ1n) is 7.93. The second-order valence-electron chi connectivity index (χ2n) is 5.28. The van der Waals surface area contributed by atoms with E-state index in [0.29, 0.717) is 6.04 Å². The second kappa shape index (κ2) is 13.3. The summed E-state index contributed by atoms with van der Waals surface area (Å²) in [4.78, 5) is 2.53. The van der Waals surface area contributed by atoms with Crippen LogP contribution in [0, 0.1) is 0 Å². The van der Waals surface area contributed by atoms with Crippen LogP contribution in [0.15, 0.2) is 0 Å². The Morgan fingerprint density at radius 1 is 1.00 bits per heavy atom. The van der Waals surface area contributed by atoms with Crippen LogP contribution in [0.2, 0.25) is 0 Å². The molecule has 0 unspecified atom stereocenters. The van der Waals surface area contributed by atoms with Gasteiger partial charge in [0.2, 0.25) is 0 Å². The Hall–Kier alpha value is -0.120. The van der Waals surface area contributed by atoms with E-state index in [-0.39, 0.29) is 0 Å². The van der Waals surface area contributed by atoms with Gasteiger partial charge in [0.15, 0.2) is 0 Å². The lowest BCUT2D eigenvalue weighted by molar-refractivity contribution is 0.210. The quantitative estimate of drug-likeness (QED) is 0.689. The highest BCUT2D eigenvalue weighted by atomic mass is 15.1. The molecule has 18 heavy (non-hydrogen) atoms. The number of nitrogens with two attached hydrogens (primary N) is 1. The van der Waals surface area contributed by atoms with Crippen molar-refractivity contribution in [2.24, 2.45) is 5.73 Å². The minimum absolute atomic E-state index is 0.480. The van der Waals surface area contributed by atoms with Gasteiger partial charge in [-0.15, -0.1) is 0 Å². The van der Waals surface area contributed by atoms with Crippen molar-refractivity contribution in [3.8, 4) is 0 Å². The van der Waals surface area contributed by atoms with E-state index in [4.69, 9.17) is 5.73 Å². The lowest BCUT2D eigenvalue weighted by Crippen LogP contribution is -2.39. The van der Waals surface area contributed by atoms with Gasteiger partial charge in [0.05, 0.1) is 0 Å². The average Bonchev–Trinajstić information content (AvgIpc) is 2.40. The van der Waals surface area contributed by atoms with Crippen LogP contribution in [0.3, 0.4) is 0 Å². The van der Waals surface area contributed by atoms with E-state index >= 15 is 0 Å². The van der Waals surface area contributed by atoms with Crippen LogP contribution in [0.25, 0.3) is 0 Å². The molecule has 0 radical (unpaired) electrons. The van der Waals surface area contributed by atoms with Gasteiger partial charge in [-0.25, -0.2) is 0 Å². The molecule has 0 spiro atoms. The first-order valence-corrected chi connectivity index (χ1v) is 7.93. The first-order chi connectivity index (χ1) is 8.74. The van der Waals surface area contributed by atoms with Gasteiger partial charge in [0, 0.05) is 6.04 Å². The molecule has 1 rings (SSSR count). The van der Waals surface area contributed by atoms with E-state index < -0.39 is 0 Å². The normalized spacial score (nSPS) is 17.3. The van der Waals surface area contributed by atoms with Gasteiger partial charge in [-0.05, 0) is 64.8 Å². The zero-order chi connectivity index (χ0) is 13.6. The SMILES string of the molecule is CCCCN1CCC(N)CC1.CCCNCCC. The average molecular weight is 257 g/mol. The van der Waals surface area contributed by atoms with Crippen LogP contribution >= 0.6 is 0 Å². The highest BCUT2D eigenvalue weighted by molar-refractivity contribution is 4.73. The summed E-state index contributed by atoms with van der Waals surface area (Å²) in [6.07, 6.45) is 7.55. The van der Waals surface area contributed by atoms with Gasteiger partial charge in [0.1, 0.15) is 0 Å².